The molecule has 0 radical (unpaired) electrons. The monoisotopic (exact) mass is 433 g/mol. The Bertz CT molecular complexity index is 788. The molecule has 0 aliphatic rings. The van der Waals surface area contributed by atoms with E-state index in [1.165, 1.54) is 12.1 Å². The minimum Gasteiger partial charge on any atom is -0.478 e. The Morgan fingerprint density at radius 2 is 1.67 bits per heavy atom. The number of benzene rings is 2. The Labute approximate surface area is 138 Å². The van der Waals surface area contributed by atoms with Crippen LogP contribution < -0.4 is 4.72 Å². The molecule has 0 fully saturated rings. The molecule has 2 N–H and O–H groups in total. The van der Waals surface area contributed by atoms with E-state index >= 15 is 0 Å². The van der Waals surface area contributed by atoms with Crippen molar-refractivity contribution < 1.29 is 18.3 Å². The molecule has 0 amide bonds. The first kappa shape index (κ1) is 16.0. The predicted molar refractivity (Wildman–Crippen MR) is 86.1 cm³/mol. The topological polar surface area (TPSA) is 83.5 Å². The molecule has 2 aromatic carbocycles. The maximum atomic E-state index is 12.2. The molecule has 0 aliphatic heterocycles. The average molecular weight is 435 g/mol. The largest absolute Gasteiger partial charge is 0.478 e. The zero-order valence-corrected chi connectivity index (χ0v) is 14.4. The van der Waals surface area contributed by atoms with E-state index in [1.807, 2.05) is 0 Å². The van der Waals surface area contributed by atoms with Gasteiger partial charge >= 0.3 is 5.97 Å². The van der Waals surface area contributed by atoms with Crippen molar-refractivity contribution >= 4 is 53.5 Å². The van der Waals surface area contributed by atoms with Crippen molar-refractivity contribution in [3.8, 4) is 0 Å². The van der Waals surface area contributed by atoms with Gasteiger partial charge in [0.25, 0.3) is 10.0 Å². The molecule has 2 aromatic rings. The van der Waals surface area contributed by atoms with E-state index in [4.69, 9.17) is 5.11 Å². The second-order valence-electron chi connectivity index (χ2n) is 4.06. The van der Waals surface area contributed by atoms with Crippen molar-refractivity contribution in [3.63, 3.8) is 0 Å². The van der Waals surface area contributed by atoms with Gasteiger partial charge in [-0.2, -0.15) is 0 Å². The maximum Gasteiger partial charge on any atom is 0.336 e. The van der Waals surface area contributed by atoms with Crippen LogP contribution in [0.5, 0.6) is 0 Å². The van der Waals surface area contributed by atoms with E-state index in [0.29, 0.717) is 10.2 Å². The lowest BCUT2D eigenvalue weighted by molar-refractivity contribution is 0.0695. The zero-order valence-electron chi connectivity index (χ0n) is 10.4. The normalized spacial score (nSPS) is 11.1. The van der Waals surface area contributed by atoms with Crippen molar-refractivity contribution in [1.82, 2.24) is 0 Å². The van der Waals surface area contributed by atoms with Crippen LogP contribution in [0.25, 0.3) is 0 Å². The molecule has 0 saturated carbocycles. The number of carboxylic acid groups (broad SMARTS) is 1. The Kier molecular flexibility index (Phi) is 4.70. The van der Waals surface area contributed by atoms with Gasteiger partial charge in [-0.25, -0.2) is 13.2 Å². The maximum absolute atomic E-state index is 12.2. The number of aromatic carboxylic acids is 1. The second-order valence-corrected chi connectivity index (χ2v) is 7.51. The van der Waals surface area contributed by atoms with Gasteiger partial charge < -0.3 is 5.11 Å². The van der Waals surface area contributed by atoms with Crippen LogP contribution in [0.4, 0.5) is 5.69 Å². The highest BCUT2D eigenvalue weighted by molar-refractivity contribution is 9.10. The molecule has 5 nitrogen and oxygen atoms in total. The third-order valence-electron chi connectivity index (χ3n) is 2.57. The van der Waals surface area contributed by atoms with Gasteiger partial charge in [-0.05, 0) is 58.4 Å². The first-order valence-corrected chi connectivity index (χ1v) is 8.68. The molecular weight excluding hydrogens is 426 g/mol. The first-order valence-electron chi connectivity index (χ1n) is 5.61. The van der Waals surface area contributed by atoms with Crippen molar-refractivity contribution in [2.24, 2.45) is 0 Å². The quantitative estimate of drug-likeness (QED) is 0.768. The third-order valence-corrected chi connectivity index (χ3v) is 5.17. The summed E-state index contributed by atoms with van der Waals surface area (Å²) >= 11 is 6.33. The smallest absolute Gasteiger partial charge is 0.336 e. The van der Waals surface area contributed by atoms with Crippen LogP contribution in [0.1, 0.15) is 10.4 Å². The van der Waals surface area contributed by atoms with Gasteiger partial charge in [0.05, 0.1) is 10.5 Å². The Morgan fingerprint density at radius 1 is 1.05 bits per heavy atom. The number of hydrogen-bond donors (Lipinski definition) is 2. The molecule has 0 spiro atoms. The Hall–Kier alpha value is -1.38. The highest BCUT2D eigenvalue weighted by Gasteiger charge is 2.18. The first-order chi connectivity index (χ1) is 9.79. The van der Waals surface area contributed by atoms with E-state index in [-0.39, 0.29) is 10.5 Å². The van der Waals surface area contributed by atoms with Crippen molar-refractivity contribution in [2.45, 2.75) is 4.90 Å². The van der Waals surface area contributed by atoms with Crippen molar-refractivity contribution in [2.75, 3.05) is 4.72 Å². The van der Waals surface area contributed by atoms with E-state index < -0.39 is 16.0 Å². The average Bonchev–Trinajstić information content (AvgIpc) is 2.41. The van der Waals surface area contributed by atoms with Crippen LogP contribution in [-0.2, 0) is 10.0 Å². The highest BCUT2D eigenvalue weighted by Crippen LogP contribution is 2.23. The van der Waals surface area contributed by atoms with Crippen molar-refractivity contribution in [1.29, 1.82) is 0 Å². The van der Waals surface area contributed by atoms with E-state index in [2.05, 4.69) is 36.6 Å². The Morgan fingerprint density at radius 3 is 2.24 bits per heavy atom. The minimum absolute atomic E-state index is 0.117. The molecule has 0 saturated heterocycles. The molecule has 0 unspecified atom stereocenters. The molecule has 0 bridgehead atoms. The number of anilines is 1. The number of nitrogens with one attached hydrogen (secondary N) is 1. The highest BCUT2D eigenvalue weighted by atomic mass is 79.9. The Balaban J connectivity index is 2.38. The van der Waals surface area contributed by atoms with Gasteiger partial charge in [0, 0.05) is 14.6 Å². The van der Waals surface area contributed by atoms with Gasteiger partial charge in [0.15, 0.2) is 0 Å². The van der Waals surface area contributed by atoms with E-state index in [0.717, 1.165) is 10.5 Å². The summed E-state index contributed by atoms with van der Waals surface area (Å²) in [5, 5.41) is 9.03. The summed E-state index contributed by atoms with van der Waals surface area (Å²) in [6, 6.07) is 10.4. The van der Waals surface area contributed by atoms with Gasteiger partial charge in [-0.3, -0.25) is 4.72 Å². The summed E-state index contributed by atoms with van der Waals surface area (Å²) in [5.41, 5.74) is 0.270. The summed E-state index contributed by atoms with van der Waals surface area (Å²) < 4.78 is 28.0. The summed E-state index contributed by atoms with van der Waals surface area (Å²) in [6.45, 7) is 0. The molecular formula is C13H9Br2NO4S. The fourth-order valence-electron chi connectivity index (χ4n) is 1.57. The van der Waals surface area contributed by atoms with Crippen molar-refractivity contribution in [3.05, 3.63) is 57.0 Å². The molecule has 2 rings (SSSR count). The third kappa shape index (κ3) is 3.84. The lowest BCUT2D eigenvalue weighted by Gasteiger charge is -2.09. The summed E-state index contributed by atoms with van der Waals surface area (Å²) in [5.74, 6) is -1.21. The van der Waals surface area contributed by atoms with Gasteiger partial charge in [-0.15, -0.1) is 0 Å². The number of sulfonamides is 1. The fraction of sp³-hybridized carbons (Fsp3) is 0. The lowest BCUT2D eigenvalue weighted by Crippen LogP contribution is -2.14. The van der Waals surface area contributed by atoms with Gasteiger partial charge in [0.2, 0.25) is 0 Å². The zero-order chi connectivity index (χ0) is 15.6. The summed E-state index contributed by atoms with van der Waals surface area (Å²) in [6.07, 6.45) is 0. The molecule has 8 heteroatoms. The number of hydrogen-bond acceptors (Lipinski definition) is 3. The van der Waals surface area contributed by atoms with Crippen LogP contribution in [-0.4, -0.2) is 19.5 Å². The predicted octanol–water partition coefficient (Wildman–Crippen LogP) is 3.71. The fourth-order valence-corrected chi connectivity index (χ4v) is 3.33. The van der Waals surface area contributed by atoms with Crippen LogP contribution in [0.2, 0.25) is 0 Å². The van der Waals surface area contributed by atoms with E-state index in [9.17, 15) is 13.2 Å². The molecule has 110 valence electrons. The molecule has 0 atom stereocenters. The lowest BCUT2D eigenvalue weighted by atomic mass is 10.2. The van der Waals surface area contributed by atoms with E-state index in [1.54, 1.807) is 24.3 Å². The SMILES string of the molecule is O=C(O)c1cc(S(=O)(=O)Nc2ccc(Br)cc2)ccc1Br. The standard InChI is InChI=1S/C13H9Br2NO4S/c14-8-1-3-9(4-2-8)16-21(19,20)10-5-6-12(15)11(7-10)13(17)18/h1-7,16H,(H,17,18). The second kappa shape index (κ2) is 6.17. The van der Waals surface area contributed by atoms with Crippen LogP contribution >= 0.6 is 31.9 Å². The van der Waals surface area contributed by atoms with Gasteiger partial charge in [0.1, 0.15) is 0 Å². The number of rotatable bonds is 4. The molecule has 0 heterocycles. The minimum atomic E-state index is -3.85. The number of carbonyl (C=O) groups is 1. The summed E-state index contributed by atoms with van der Waals surface area (Å²) in [4.78, 5) is 10.9. The van der Waals surface area contributed by atoms with Gasteiger partial charge in [-0.1, -0.05) is 15.9 Å². The van der Waals surface area contributed by atoms with Crippen LogP contribution in [0.3, 0.4) is 0 Å². The molecule has 21 heavy (non-hydrogen) atoms. The summed E-state index contributed by atoms with van der Waals surface area (Å²) in [7, 11) is -3.85. The van der Waals surface area contributed by atoms with Crippen LogP contribution in [0, 0.1) is 0 Å². The molecule has 0 aromatic heterocycles. The number of carboxylic acids is 1. The number of halogens is 2. The molecule has 0 aliphatic carbocycles. The van der Waals surface area contributed by atoms with Crippen LogP contribution in [0.15, 0.2) is 56.3 Å².